The lowest BCUT2D eigenvalue weighted by molar-refractivity contribution is 0.0574. The first kappa shape index (κ1) is 20.9. The maximum absolute atomic E-state index is 13.3. The zero-order chi connectivity index (χ0) is 21.1. The predicted octanol–water partition coefficient (Wildman–Crippen LogP) is 5.48. The van der Waals surface area contributed by atoms with Crippen LogP contribution in [-0.2, 0) is 6.42 Å². The number of nitrogens with zero attached hydrogens (tertiary/aromatic N) is 3. The fourth-order valence-electron chi connectivity index (χ4n) is 3.79. The molecule has 1 N–H and O–H groups in total. The Morgan fingerprint density at radius 2 is 2.27 bits per heavy atom. The van der Waals surface area contributed by atoms with E-state index in [1.807, 2.05) is 43.0 Å². The maximum atomic E-state index is 13.3. The molecule has 3 aromatic rings. The molecule has 1 aliphatic heterocycles. The Morgan fingerprint density at radius 3 is 3.07 bits per heavy atom. The van der Waals surface area contributed by atoms with Gasteiger partial charge in [-0.2, -0.15) is 0 Å². The summed E-state index contributed by atoms with van der Waals surface area (Å²) < 4.78 is 6.08. The van der Waals surface area contributed by atoms with Crippen molar-refractivity contribution < 1.29 is 9.21 Å². The molecule has 1 atom stereocenters. The number of amides is 1. The number of aryl methyl sites for hydroxylation is 1. The fraction of sp³-hybridized carbons (Fsp3) is 0.409. The average molecular weight is 445 g/mol. The van der Waals surface area contributed by atoms with Gasteiger partial charge in [0, 0.05) is 24.5 Å². The first-order valence-electron chi connectivity index (χ1n) is 10.3. The van der Waals surface area contributed by atoms with Crippen molar-refractivity contribution >= 4 is 34.0 Å². The van der Waals surface area contributed by atoms with Gasteiger partial charge in [0.2, 0.25) is 5.89 Å². The molecule has 6 nitrogen and oxygen atoms in total. The number of carbonyl (C=O) groups excluding carboxylic acids is 1. The lowest BCUT2D eigenvalue weighted by Gasteiger charge is -2.33. The van der Waals surface area contributed by atoms with Gasteiger partial charge in [0.25, 0.3) is 5.91 Å². The fourth-order valence-corrected chi connectivity index (χ4v) is 4.99. The van der Waals surface area contributed by atoms with Gasteiger partial charge in [-0.25, -0.2) is 9.97 Å². The van der Waals surface area contributed by atoms with Crippen LogP contribution in [0.4, 0.5) is 5.13 Å². The quantitative estimate of drug-likeness (QED) is 0.544. The third kappa shape index (κ3) is 4.52. The summed E-state index contributed by atoms with van der Waals surface area (Å²) >= 11 is 7.50. The SMILES string of the molecule is CCNc1nc(C)c(C(=O)N2CCCCC2c2ncc(Cc3cccc(Cl)c3)o2)s1. The highest BCUT2D eigenvalue weighted by atomic mass is 35.5. The second-order valence-corrected chi connectivity index (χ2v) is 8.88. The van der Waals surface area contributed by atoms with Crippen LogP contribution in [0.25, 0.3) is 0 Å². The monoisotopic (exact) mass is 444 g/mol. The number of thiazole rings is 1. The molecule has 1 aliphatic rings. The van der Waals surface area contributed by atoms with Gasteiger partial charge in [-0.3, -0.25) is 4.79 Å². The summed E-state index contributed by atoms with van der Waals surface area (Å²) in [6, 6.07) is 7.57. The van der Waals surface area contributed by atoms with Crippen molar-refractivity contribution in [2.24, 2.45) is 0 Å². The maximum Gasteiger partial charge on any atom is 0.266 e. The summed E-state index contributed by atoms with van der Waals surface area (Å²) in [5, 5.41) is 4.68. The molecule has 0 bridgehead atoms. The molecule has 0 spiro atoms. The van der Waals surface area contributed by atoms with Crippen molar-refractivity contribution in [1.82, 2.24) is 14.9 Å². The summed E-state index contributed by atoms with van der Waals surface area (Å²) in [6.07, 6.45) is 5.25. The lowest BCUT2D eigenvalue weighted by Crippen LogP contribution is -2.38. The van der Waals surface area contributed by atoms with E-state index in [2.05, 4.69) is 15.3 Å². The number of hydrogen-bond donors (Lipinski definition) is 1. The van der Waals surface area contributed by atoms with E-state index in [4.69, 9.17) is 16.0 Å². The van der Waals surface area contributed by atoms with Gasteiger partial charge in [0.1, 0.15) is 16.7 Å². The Labute approximate surface area is 185 Å². The summed E-state index contributed by atoms with van der Waals surface area (Å²) in [4.78, 5) is 24.9. The van der Waals surface area contributed by atoms with Crippen LogP contribution in [0.2, 0.25) is 5.02 Å². The van der Waals surface area contributed by atoms with Crippen molar-refractivity contribution in [2.45, 2.75) is 45.6 Å². The van der Waals surface area contributed by atoms with Crippen molar-refractivity contribution in [2.75, 3.05) is 18.4 Å². The Balaban J connectivity index is 1.54. The summed E-state index contributed by atoms with van der Waals surface area (Å²) in [7, 11) is 0. The Morgan fingerprint density at radius 1 is 1.40 bits per heavy atom. The van der Waals surface area contributed by atoms with E-state index in [0.29, 0.717) is 28.8 Å². The molecule has 0 aliphatic carbocycles. The molecule has 1 amide bonds. The van der Waals surface area contributed by atoms with Gasteiger partial charge in [-0.15, -0.1) is 0 Å². The van der Waals surface area contributed by atoms with Gasteiger partial charge in [0.05, 0.1) is 11.9 Å². The number of anilines is 1. The van der Waals surface area contributed by atoms with Crippen LogP contribution in [0.5, 0.6) is 0 Å². The zero-order valence-electron chi connectivity index (χ0n) is 17.2. The Hall–Kier alpha value is -2.38. The number of oxazole rings is 1. The highest BCUT2D eigenvalue weighted by Gasteiger charge is 2.33. The van der Waals surface area contributed by atoms with Crippen LogP contribution in [-0.4, -0.2) is 33.9 Å². The molecule has 158 valence electrons. The van der Waals surface area contributed by atoms with Gasteiger partial charge < -0.3 is 14.6 Å². The van der Waals surface area contributed by atoms with Gasteiger partial charge in [0.15, 0.2) is 5.13 Å². The summed E-state index contributed by atoms with van der Waals surface area (Å²) in [6.45, 7) is 5.38. The van der Waals surface area contributed by atoms with Crippen molar-refractivity contribution in [3.8, 4) is 0 Å². The van der Waals surface area contributed by atoms with E-state index < -0.39 is 0 Å². The van der Waals surface area contributed by atoms with E-state index in [0.717, 1.165) is 48.0 Å². The lowest BCUT2D eigenvalue weighted by atomic mass is 10.0. The van der Waals surface area contributed by atoms with E-state index in [1.165, 1.54) is 11.3 Å². The number of likely N-dealkylation sites (tertiary alicyclic amines) is 1. The van der Waals surface area contributed by atoms with Crippen molar-refractivity contribution in [1.29, 1.82) is 0 Å². The Bertz CT molecular complexity index is 1030. The molecule has 1 fully saturated rings. The minimum Gasteiger partial charge on any atom is -0.443 e. The number of aromatic nitrogens is 2. The molecule has 4 rings (SSSR count). The standard InChI is InChI=1S/C22H25ClN4O2S/c1-3-24-22-26-14(2)19(30-22)21(28)27-10-5-4-9-18(27)20-25-13-17(29-20)12-15-7-6-8-16(23)11-15/h6-8,11,13,18H,3-5,9-10,12H2,1-2H3,(H,24,26). The first-order chi connectivity index (χ1) is 14.5. The molecule has 8 heteroatoms. The third-order valence-corrected chi connectivity index (χ3v) is 6.54. The summed E-state index contributed by atoms with van der Waals surface area (Å²) in [5.41, 5.74) is 1.83. The van der Waals surface area contributed by atoms with Crippen molar-refractivity contribution in [3.05, 3.63) is 63.3 Å². The van der Waals surface area contributed by atoms with Gasteiger partial charge in [-0.05, 0) is 50.8 Å². The molecule has 1 aromatic carbocycles. The van der Waals surface area contributed by atoms with Crippen LogP contribution in [0.15, 0.2) is 34.9 Å². The number of hydrogen-bond acceptors (Lipinski definition) is 6. The second kappa shape index (κ2) is 9.18. The first-order valence-corrected chi connectivity index (χ1v) is 11.5. The molecular formula is C22H25ClN4O2S. The Kier molecular flexibility index (Phi) is 6.39. The number of piperidine rings is 1. The highest BCUT2D eigenvalue weighted by molar-refractivity contribution is 7.17. The molecule has 0 saturated carbocycles. The molecule has 3 heterocycles. The number of carbonyl (C=O) groups is 1. The molecular weight excluding hydrogens is 420 g/mol. The van der Waals surface area contributed by atoms with Crippen LogP contribution < -0.4 is 5.32 Å². The molecule has 2 aromatic heterocycles. The van der Waals surface area contributed by atoms with Crippen molar-refractivity contribution in [3.63, 3.8) is 0 Å². The van der Waals surface area contributed by atoms with Crippen LogP contribution in [0.3, 0.4) is 0 Å². The zero-order valence-corrected chi connectivity index (χ0v) is 18.7. The highest BCUT2D eigenvalue weighted by Crippen LogP contribution is 2.34. The van der Waals surface area contributed by atoms with E-state index >= 15 is 0 Å². The van der Waals surface area contributed by atoms with Gasteiger partial charge in [-0.1, -0.05) is 35.1 Å². The summed E-state index contributed by atoms with van der Waals surface area (Å²) in [5.74, 6) is 1.39. The molecule has 1 saturated heterocycles. The number of nitrogens with one attached hydrogen (secondary N) is 1. The second-order valence-electron chi connectivity index (χ2n) is 7.45. The van der Waals surface area contributed by atoms with Crippen LogP contribution >= 0.6 is 22.9 Å². The van der Waals surface area contributed by atoms with Gasteiger partial charge >= 0.3 is 0 Å². The minimum atomic E-state index is -0.150. The van der Waals surface area contributed by atoms with Crippen LogP contribution in [0.1, 0.15) is 64.8 Å². The number of halogens is 1. The predicted molar refractivity (Wildman–Crippen MR) is 119 cm³/mol. The topological polar surface area (TPSA) is 71.3 Å². The third-order valence-electron chi connectivity index (χ3n) is 5.21. The van der Waals surface area contributed by atoms with E-state index in [9.17, 15) is 4.79 Å². The molecule has 30 heavy (non-hydrogen) atoms. The van der Waals surface area contributed by atoms with E-state index in [-0.39, 0.29) is 11.9 Å². The number of rotatable bonds is 6. The molecule has 1 unspecified atom stereocenters. The average Bonchev–Trinajstić information content (AvgIpc) is 3.34. The minimum absolute atomic E-state index is 0.00782. The van der Waals surface area contributed by atoms with E-state index in [1.54, 1.807) is 6.20 Å². The smallest absolute Gasteiger partial charge is 0.266 e. The largest absolute Gasteiger partial charge is 0.443 e. The van der Waals surface area contributed by atoms with Crippen LogP contribution in [0, 0.1) is 6.92 Å². The molecule has 0 radical (unpaired) electrons. The number of benzene rings is 1. The normalized spacial score (nSPS) is 16.6.